The summed E-state index contributed by atoms with van der Waals surface area (Å²) in [5.74, 6) is 0.924. The highest BCUT2D eigenvalue weighted by molar-refractivity contribution is 5.57. The molecule has 23 heavy (non-hydrogen) atoms. The van der Waals surface area contributed by atoms with Gasteiger partial charge in [-0.15, -0.1) is 0 Å². The first kappa shape index (κ1) is 15.7. The molecule has 0 spiro atoms. The molecule has 1 saturated heterocycles. The van der Waals surface area contributed by atoms with E-state index in [0.717, 1.165) is 49.0 Å². The second-order valence-electron chi connectivity index (χ2n) is 6.20. The molecule has 120 valence electrons. The second kappa shape index (κ2) is 6.53. The molecule has 0 aliphatic carbocycles. The van der Waals surface area contributed by atoms with Crippen molar-refractivity contribution in [2.45, 2.75) is 13.0 Å². The van der Waals surface area contributed by atoms with Crippen molar-refractivity contribution in [3.05, 3.63) is 41.7 Å². The van der Waals surface area contributed by atoms with Crippen molar-refractivity contribution < 1.29 is 0 Å². The fraction of sp³-hybridized carbons (Fsp3) is 0.444. The van der Waals surface area contributed by atoms with Crippen LogP contribution in [0.3, 0.4) is 0 Å². The summed E-state index contributed by atoms with van der Waals surface area (Å²) in [5.41, 5.74) is 3.03. The van der Waals surface area contributed by atoms with E-state index in [1.165, 1.54) is 0 Å². The third-order valence-electron chi connectivity index (χ3n) is 4.64. The first-order valence-corrected chi connectivity index (χ1v) is 8.02. The number of piperazine rings is 1. The fourth-order valence-electron chi connectivity index (χ4n) is 3.27. The summed E-state index contributed by atoms with van der Waals surface area (Å²) in [6.45, 7) is 5.84. The van der Waals surface area contributed by atoms with Crippen molar-refractivity contribution in [3.63, 3.8) is 0 Å². The summed E-state index contributed by atoms with van der Waals surface area (Å²) >= 11 is 0. The molecule has 0 radical (unpaired) electrons. The normalized spacial score (nSPS) is 17.8. The van der Waals surface area contributed by atoms with E-state index in [1.54, 1.807) is 0 Å². The largest absolute Gasteiger partial charge is 0.329 e. The van der Waals surface area contributed by atoms with Crippen molar-refractivity contribution in [1.29, 1.82) is 5.26 Å². The number of nitrogens with zero attached hydrogens (tertiary/aromatic N) is 5. The van der Waals surface area contributed by atoms with Crippen molar-refractivity contribution in [1.82, 2.24) is 19.4 Å². The number of rotatable bonds is 3. The van der Waals surface area contributed by atoms with Gasteiger partial charge >= 0.3 is 0 Å². The molecule has 3 rings (SSSR count). The van der Waals surface area contributed by atoms with E-state index in [1.807, 2.05) is 32.2 Å². The lowest BCUT2D eigenvalue weighted by atomic mass is 10.1. The van der Waals surface area contributed by atoms with Gasteiger partial charge in [0.2, 0.25) is 0 Å². The third kappa shape index (κ3) is 3.00. The van der Waals surface area contributed by atoms with Gasteiger partial charge in [0.15, 0.2) is 0 Å². The lowest BCUT2D eigenvalue weighted by Crippen LogP contribution is -2.46. The number of hydrogen-bond donors (Lipinski definition) is 0. The van der Waals surface area contributed by atoms with Crippen LogP contribution in [-0.4, -0.2) is 52.6 Å². The van der Waals surface area contributed by atoms with Gasteiger partial charge in [-0.1, -0.05) is 30.3 Å². The van der Waals surface area contributed by atoms with Gasteiger partial charge in [0.25, 0.3) is 0 Å². The van der Waals surface area contributed by atoms with Gasteiger partial charge in [0, 0.05) is 38.8 Å². The van der Waals surface area contributed by atoms with Gasteiger partial charge in [0.1, 0.15) is 11.9 Å². The van der Waals surface area contributed by atoms with Gasteiger partial charge in [-0.3, -0.25) is 4.90 Å². The van der Waals surface area contributed by atoms with Crippen molar-refractivity contribution >= 4 is 0 Å². The standard InChI is InChI=1S/C18H23N5/c1-14-17(16(13-19)23-11-9-21(2)10-12-23)22(3)18(20-14)15-7-5-4-6-8-15/h4-8,16H,9-12H2,1-3H3. The van der Waals surface area contributed by atoms with E-state index in [-0.39, 0.29) is 6.04 Å². The van der Waals surface area contributed by atoms with E-state index in [4.69, 9.17) is 4.98 Å². The number of imidazole rings is 1. The number of nitriles is 1. The molecule has 1 fully saturated rings. The summed E-state index contributed by atoms with van der Waals surface area (Å²) in [6.07, 6.45) is 0. The maximum absolute atomic E-state index is 9.78. The highest BCUT2D eigenvalue weighted by Gasteiger charge is 2.28. The first-order chi connectivity index (χ1) is 11.1. The van der Waals surface area contributed by atoms with Crippen LogP contribution in [0.4, 0.5) is 0 Å². The van der Waals surface area contributed by atoms with E-state index in [0.29, 0.717) is 0 Å². The summed E-state index contributed by atoms with van der Waals surface area (Å²) < 4.78 is 2.08. The monoisotopic (exact) mass is 309 g/mol. The SMILES string of the molecule is Cc1nc(-c2ccccc2)n(C)c1C(C#N)N1CCN(C)CC1. The number of aryl methyl sites for hydroxylation is 1. The Bertz CT molecular complexity index is 705. The number of aromatic nitrogens is 2. The van der Waals surface area contributed by atoms with Crippen molar-refractivity contribution in [2.24, 2.45) is 7.05 Å². The molecular weight excluding hydrogens is 286 g/mol. The Balaban J connectivity index is 1.96. The van der Waals surface area contributed by atoms with Crippen LogP contribution >= 0.6 is 0 Å². The molecule has 2 heterocycles. The van der Waals surface area contributed by atoms with Crippen molar-refractivity contribution in [3.8, 4) is 17.5 Å². The molecule has 2 aromatic rings. The van der Waals surface area contributed by atoms with Gasteiger partial charge in [-0.2, -0.15) is 5.26 Å². The fourth-order valence-corrected chi connectivity index (χ4v) is 3.27. The Morgan fingerprint density at radius 2 is 1.74 bits per heavy atom. The summed E-state index contributed by atoms with van der Waals surface area (Å²) in [5, 5.41) is 9.78. The molecule has 5 heteroatoms. The smallest absolute Gasteiger partial charge is 0.140 e. The van der Waals surface area contributed by atoms with Crippen LogP contribution in [0, 0.1) is 18.3 Å². The minimum Gasteiger partial charge on any atom is -0.329 e. The van der Waals surface area contributed by atoms with Crippen LogP contribution < -0.4 is 0 Å². The average molecular weight is 309 g/mol. The molecule has 1 unspecified atom stereocenters. The van der Waals surface area contributed by atoms with E-state index in [2.05, 4.69) is 39.6 Å². The van der Waals surface area contributed by atoms with Crippen LogP contribution in [-0.2, 0) is 7.05 Å². The zero-order valence-electron chi connectivity index (χ0n) is 14.0. The quantitative estimate of drug-likeness (QED) is 0.872. The number of hydrogen-bond acceptors (Lipinski definition) is 4. The molecule has 1 aliphatic rings. The molecular formula is C18H23N5. The molecule has 0 amide bonds. The van der Waals surface area contributed by atoms with Crippen LogP contribution in [0.2, 0.25) is 0 Å². The van der Waals surface area contributed by atoms with Crippen molar-refractivity contribution in [2.75, 3.05) is 33.2 Å². The molecule has 1 aromatic carbocycles. The van der Waals surface area contributed by atoms with Gasteiger partial charge in [-0.25, -0.2) is 4.98 Å². The van der Waals surface area contributed by atoms with Crippen LogP contribution in [0.5, 0.6) is 0 Å². The molecule has 0 N–H and O–H groups in total. The van der Waals surface area contributed by atoms with Gasteiger partial charge in [-0.05, 0) is 14.0 Å². The molecule has 5 nitrogen and oxygen atoms in total. The Morgan fingerprint density at radius 1 is 1.09 bits per heavy atom. The lowest BCUT2D eigenvalue weighted by Gasteiger charge is -2.35. The topological polar surface area (TPSA) is 48.1 Å². The Labute approximate surface area is 137 Å². The van der Waals surface area contributed by atoms with Gasteiger partial charge < -0.3 is 9.47 Å². The van der Waals surface area contributed by atoms with E-state index in [9.17, 15) is 5.26 Å². The van der Waals surface area contributed by atoms with Crippen LogP contribution in [0.15, 0.2) is 30.3 Å². The van der Waals surface area contributed by atoms with Gasteiger partial charge in [0.05, 0.1) is 17.5 Å². The number of likely N-dealkylation sites (N-methyl/N-ethyl adjacent to an activating group) is 1. The molecule has 1 atom stereocenters. The molecule has 1 aliphatic heterocycles. The zero-order chi connectivity index (χ0) is 16.4. The van der Waals surface area contributed by atoms with E-state index >= 15 is 0 Å². The molecule has 0 saturated carbocycles. The minimum atomic E-state index is -0.237. The zero-order valence-corrected chi connectivity index (χ0v) is 14.0. The summed E-state index contributed by atoms with van der Waals surface area (Å²) in [4.78, 5) is 9.30. The average Bonchev–Trinajstić information content (AvgIpc) is 2.86. The molecule has 1 aromatic heterocycles. The van der Waals surface area contributed by atoms with E-state index < -0.39 is 0 Å². The summed E-state index contributed by atoms with van der Waals surface area (Å²) in [7, 11) is 4.14. The summed E-state index contributed by atoms with van der Waals surface area (Å²) in [6, 6.07) is 12.4. The highest BCUT2D eigenvalue weighted by Crippen LogP contribution is 2.28. The maximum Gasteiger partial charge on any atom is 0.140 e. The maximum atomic E-state index is 9.78. The Morgan fingerprint density at radius 3 is 2.35 bits per heavy atom. The third-order valence-corrected chi connectivity index (χ3v) is 4.64. The predicted molar refractivity (Wildman–Crippen MR) is 90.8 cm³/mol. The minimum absolute atomic E-state index is 0.237. The van der Waals surface area contributed by atoms with Crippen LogP contribution in [0.25, 0.3) is 11.4 Å². The predicted octanol–water partition coefficient (Wildman–Crippen LogP) is 2.21. The van der Waals surface area contributed by atoms with Crippen LogP contribution in [0.1, 0.15) is 17.4 Å². The number of benzene rings is 1. The molecule has 0 bridgehead atoms. The highest BCUT2D eigenvalue weighted by atomic mass is 15.3. The Kier molecular flexibility index (Phi) is 4.46. The second-order valence-corrected chi connectivity index (χ2v) is 6.20. The first-order valence-electron chi connectivity index (χ1n) is 8.02. The lowest BCUT2D eigenvalue weighted by molar-refractivity contribution is 0.130. The Hall–Kier alpha value is -2.16.